The van der Waals surface area contributed by atoms with Crippen molar-refractivity contribution in [2.45, 2.75) is 64.0 Å². The monoisotopic (exact) mass is 224 g/mol. The maximum absolute atomic E-state index is 9.15. The lowest BCUT2D eigenvalue weighted by Gasteiger charge is -2.28. The molecule has 16 heavy (non-hydrogen) atoms. The first kappa shape index (κ1) is 13.5. The predicted molar refractivity (Wildman–Crippen MR) is 65.1 cm³/mol. The van der Waals surface area contributed by atoms with Gasteiger partial charge in [0.25, 0.3) is 0 Å². The maximum Gasteiger partial charge on any atom is 0.127 e. The molecule has 1 aliphatic rings. The van der Waals surface area contributed by atoms with Crippen LogP contribution in [0.15, 0.2) is 0 Å². The van der Waals surface area contributed by atoms with Crippen molar-refractivity contribution < 1.29 is 4.74 Å². The highest BCUT2D eigenvalue weighted by Gasteiger charge is 2.25. The molecule has 1 saturated carbocycles. The van der Waals surface area contributed by atoms with E-state index >= 15 is 0 Å². The van der Waals surface area contributed by atoms with Crippen molar-refractivity contribution in [2.24, 2.45) is 0 Å². The second-order valence-corrected chi connectivity index (χ2v) is 4.94. The molecule has 0 aromatic heterocycles. The summed E-state index contributed by atoms with van der Waals surface area (Å²) in [5.74, 6) is 0. The minimum Gasteiger partial charge on any atom is -0.375 e. The van der Waals surface area contributed by atoms with Gasteiger partial charge in [0.2, 0.25) is 0 Å². The average Bonchev–Trinajstić information content (AvgIpc) is 2.35. The van der Waals surface area contributed by atoms with E-state index in [1.165, 1.54) is 19.3 Å². The van der Waals surface area contributed by atoms with Gasteiger partial charge in [0.05, 0.1) is 18.8 Å². The Morgan fingerprint density at radius 2 is 2.06 bits per heavy atom. The Kier molecular flexibility index (Phi) is 5.79. The number of rotatable bonds is 6. The number of nitrogens with one attached hydrogen (secondary N) is 1. The zero-order valence-electron chi connectivity index (χ0n) is 10.6. The van der Waals surface area contributed by atoms with Crippen LogP contribution in [0.1, 0.15) is 52.4 Å². The van der Waals surface area contributed by atoms with E-state index in [9.17, 15) is 0 Å². The molecule has 0 radical (unpaired) electrons. The third kappa shape index (κ3) is 4.51. The average molecular weight is 224 g/mol. The fourth-order valence-corrected chi connectivity index (χ4v) is 2.04. The summed E-state index contributed by atoms with van der Waals surface area (Å²) in [7, 11) is 0. The molecule has 1 rings (SSSR count). The SMILES string of the molecule is CCCNC(C)(C#N)COC1CCCCC1. The molecule has 0 heterocycles. The number of ether oxygens (including phenoxy) is 1. The van der Waals surface area contributed by atoms with Gasteiger partial charge in [-0.3, -0.25) is 5.32 Å². The summed E-state index contributed by atoms with van der Waals surface area (Å²) in [6.45, 7) is 5.41. The second-order valence-electron chi connectivity index (χ2n) is 4.94. The minimum atomic E-state index is -0.520. The van der Waals surface area contributed by atoms with Crippen LogP contribution in [0.5, 0.6) is 0 Å². The summed E-state index contributed by atoms with van der Waals surface area (Å²) in [5.41, 5.74) is -0.520. The summed E-state index contributed by atoms with van der Waals surface area (Å²) in [4.78, 5) is 0. The van der Waals surface area contributed by atoms with Gasteiger partial charge < -0.3 is 4.74 Å². The zero-order chi connectivity index (χ0) is 11.9. The van der Waals surface area contributed by atoms with E-state index in [-0.39, 0.29) is 0 Å². The van der Waals surface area contributed by atoms with Crippen molar-refractivity contribution in [3.8, 4) is 6.07 Å². The van der Waals surface area contributed by atoms with E-state index in [0.29, 0.717) is 12.7 Å². The molecule has 1 aliphatic carbocycles. The molecule has 1 N–H and O–H groups in total. The third-order valence-electron chi connectivity index (χ3n) is 3.17. The third-order valence-corrected chi connectivity index (χ3v) is 3.17. The van der Waals surface area contributed by atoms with Gasteiger partial charge in [-0.2, -0.15) is 5.26 Å². The van der Waals surface area contributed by atoms with Crippen LogP contribution < -0.4 is 5.32 Å². The van der Waals surface area contributed by atoms with Crippen molar-refractivity contribution in [3.05, 3.63) is 0 Å². The lowest BCUT2D eigenvalue weighted by Crippen LogP contribution is -2.46. The van der Waals surface area contributed by atoms with Crippen molar-refractivity contribution in [2.75, 3.05) is 13.2 Å². The van der Waals surface area contributed by atoms with Crippen LogP contribution in [0, 0.1) is 11.3 Å². The first-order valence-electron chi connectivity index (χ1n) is 6.48. The molecule has 0 bridgehead atoms. The quantitative estimate of drug-likeness (QED) is 0.754. The molecule has 1 fully saturated rings. The molecule has 0 aliphatic heterocycles. The maximum atomic E-state index is 9.15. The molecule has 0 spiro atoms. The van der Waals surface area contributed by atoms with Gasteiger partial charge in [-0.1, -0.05) is 26.2 Å². The number of hydrogen-bond donors (Lipinski definition) is 1. The fourth-order valence-electron chi connectivity index (χ4n) is 2.04. The van der Waals surface area contributed by atoms with Gasteiger partial charge in [0.1, 0.15) is 5.54 Å². The summed E-state index contributed by atoms with van der Waals surface area (Å²) in [6.07, 6.45) is 7.63. The molecule has 0 amide bonds. The van der Waals surface area contributed by atoms with E-state index in [2.05, 4.69) is 18.3 Å². The Bertz CT molecular complexity index is 231. The van der Waals surface area contributed by atoms with Crippen LogP contribution in [0.3, 0.4) is 0 Å². The molecular weight excluding hydrogens is 200 g/mol. The largest absolute Gasteiger partial charge is 0.375 e. The highest BCUT2D eigenvalue weighted by molar-refractivity contribution is 5.03. The molecule has 1 atom stereocenters. The first-order valence-corrected chi connectivity index (χ1v) is 6.48. The molecule has 92 valence electrons. The van der Waals surface area contributed by atoms with Crippen molar-refractivity contribution in [1.82, 2.24) is 5.32 Å². The van der Waals surface area contributed by atoms with Gasteiger partial charge in [0.15, 0.2) is 0 Å². The second kappa shape index (κ2) is 6.88. The highest BCUT2D eigenvalue weighted by atomic mass is 16.5. The minimum absolute atomic E-state index is 0.379. The molecule has 3 heteroatoms. The van der Waals surface area contributed by atoms with Crippen molar-refractivity contribution >= 4 is 0 Å². The molecule has 1 unspecified atom stereocenters. The Labute approximate surface area is 99.2 Å². The summed E-state index contributed by atoms with van der Waals surface area (Å²) >= 11 is 0. The zero-order valence-corrected chi connectivity index (χ0v) is 10.6. The van der Waals surface area contributed by atoms with Gasteiger partial charge in [-0.25, -0.2) is 0 Å². The van der Waals surface area contributed by atoms with Crippen LogP contribution >= 0.6 is 0 Å². The van der Waals surface area contributed by atoms with Crippen LogP contribution in [0.25, 0.3) is 0 Å². The fraction of sp³-hybridized carbons (Fsp3) is 0.923. The lowest BCUT2D eigenvalue weighted by molar-refractivity contribution is 0.00650. The van der Waals surface area contributed by atoms with Gasteiger partial charge >= 0.3 is 0 Å². The smallest absolute Gasteiger partial charge is 0.127 e. The van der Waals surface area contributed by atoms with E-state index in [1.54, 1.807) is 0 Å². The number of hydrogen-bond acceptors (Lipinski definition) is 3. The Morgan fingerprint density at radius 3 is 2.62 bits per heavy atom. The molecule has 0 saturated heterocycles. The van der Waals surface area contributed by atoms with E-state index in [0.717, 1.165) is 25.8 Å². The molecular formula is C13H24N2O. The van der Waals surface area contributed by atoms with Gasteiger partial charge in [-0.05, 0) is 32.7 Å². The first-order chi connectivity index (χ1) is 7.70. The Balaban J connectivity index is 2.29. The molecule has 0 aromatic rings. The van der Waals surface area contributed by atoms with E-state index < -0.39 is 5.54 Å². The lowest BCUT2D eigenvalue weighted by atomic mass is 9.97. The van der Waals surface area contributed by atoms with Crippen LogP contribution in [0.4, 0.5) is 0 Å². The normalized spacial score (nSPS) is 21.3. The van der Waals surface area contributed by atoms with E-state index in [1.807, 2.05) is 6.92 Å². The van der Waals surface area contributed by atoms with Crippen LogP contribution in [0.2, 0.25) is 0 Å². The van der Waals surface area contributed by atoms with Crippen LogP contribution in [-0.4, -0.2) is 24.8 Å². The summed E-state index contributed by atoms with van der Waals surface area (Å²) in [5, 5.41) is 12.4. The van der Waals surface area contributed by atoms with Crippen molar-refractivity contribution in [1.29, 1.82) is 5.26 Å². The van der Waals surface area contributed by atoms with Gasteiger partial charge in [-0.15, -0.1) is 0 Å². The topological polar surface area (TPSA) is 45.0 Å². The Hall–Kier alpha value is -0.590. The predicted octanol–water partition coefficient (Wildman–Crippen LogP) is 2.62. The Morgan fingerprint density at radius 1 is 1.38 bits per heavy atom. The van der Waals surface area contributed by atoms with Crippen molar-refractivity contribution in [3.63, 3.8) is 0 Å². The highest BCUT2D eigenvalue weighted by Crippen LogP contribution is 2.21. The van der Waals surface area contributed by atoms with E-state index in [4.69, 9.17) is 10.00 Å². The standard InChI is InChI=1S/C13H24N2O/c1-3-9-15-13(2,10-14)11-16-12-7-5-4-6-8-12/h12,15H,3-9,11H2,1-2H3. The number of nitrogens with zero attached hydrogens (tertiary/aromatic N) is 1. The summed E-state index contributed by atoms with van der Waals surface area (Å²) in [6, 6.07) is 2.32. The molecule has 3 nitrogen and oxygen atoms in total. The van der Waals surface area contributed by atoms with Gasteiger partial charge in [0, 0.05) is 0 Å². The number of nitriles is 1. The summed E-state index contributed by atoms with van der Waals surface area (Å²) < 4.78 is 5.85. The van der Waals surface area contributed by atoms with Crippen LogP contribution in [-0.2, 0) is 4.74 Å². The molecule has 0 aromatic carbocycles.